The fraction of sp³-hybridized carbons (Fsp3) is 0.100. The third-order valence-electron chi connectivity index (χ3n) is 2.12. The first-order valence-electron chi connectivity index (χ1n) is 4.89. The number of nitrogens with one attached hydrogen (secondary N) is 1. The maximum atomic E-state index is 13.0. The van der Waals surface area contributed by atoms with Crippen LogP contribution in [0.1, 0.15) is 4.88 Å². The van der Waals surface area contributed by atoms with Gasteiger partial charge in [0.05, 0.1) is 10.6 Å². The molecular weight excluding hydrogens is 277 g/mol. The van der Waals surface area contributed by atoms with Crippen LogP contribution in [0.25, 0.3) is 0 Å². The molecule has 2 aromatic rings. The van der Waals surface area contributed by atoms with Gasteiger partial charge in [-0.25, -0.2) is 17.8 Å². The van der Waals surface area contributed by atoms with Crippen LogP contribution in [0.4, 0.5) is 15.2 Å². The van der Waals surface area contributed by atoms with Gasteiger partial charge in [0.2, 0.25) is 0 Å². The van der Waals surface area contributed by atoms with Gasteiger partial charge >= 0.3 is 0 Å². The van der Waals surface area contributed by atoms with E-state index in [2.05, 4.69) is 9.71 Å². The molecule has 1 heterocycles. The zero-order valence-electron chi connectivity index (χ0n) is 9.34. The lowest BCUT2D eigenvalue weighted by molar-refractivity contribution is 0.600. The van der Waals surface area contributed by atoms with E-state index in [9.17, 15) is 12.8 Å². The van der Waals surface area contributed by atoms with E-state index in [0.717, 1.165) is 23.1 Å². The molecule has 1 aromatic carbocycles. The summed E-state index contributed by atoms with van der Waals surface area (Å²) < 4.78 is 39.2. The average Bonchev–Trinajstić information content (AvgIpc) is 2.67. The largest absolute Gasteiger partial charge is 0.396 e. The van der Waals surface area contributed by atoms with Gasteiger partial charge in [-0.2, -0.15) is 0 Å². The molecule has 0 amide bonds. The summed E-state index contributed by atoms with van der Waals surface area (Å²) in [7, 11) is -3.79. The molecule has 18 heavy (non-hydrogen) atoms. The molecular formula is C10H10FN3O2S2. The van der Waals surface area contributed by atoms with E-state index in [1.807, 2.05) is 6.92 Å². The van der Waals surface area contributed by atoms with Crippen molar-refractivity contribution in [3.05, 3.63) is 35.1 Å². The fourth-order valence-electron chi connectivity index (χ4n) is 1.26. The maximum absolute atomic E-state index is 13.0. The normalized spacial score (nSPS) is 11.4. The molecule has 0 fully saturated rings. The first kappa shape index (κ1) is 12.8. The van der Waals surface area contributed by atoms with Gasteiger partial charge in [-0.15, -0.1) is 11.3 Å². The molecule has 8 heteroatoms. The summed E-state index contributed by atoms with van der Waals surface area (Å²) in [6.45, 7) is 1.81. The monoisotopic (exact) mass is 287 g/mol. The number of aromatic nitrogens is 1. The van der Waals surface area contributed by atoms with E-state index < -0.39 is 15.8 Å². The lowest BCUT2D eigenvalue weighted by Gasteiger charge is -2.06. The summed E-state index contributed by atoms with van der Waals surface area (Å²) in [6, 6.07) is 3.23. The van der Waals surface area contributed by atoms with Gasteiger partial charge in [0.1, 0.15) is 5.82 Å². The van der Waals surface area contributed by atoms with Gasteiger partial charge in [0.25, 0.3) is 10.0 Å². The Hall–Kier alpha value is -1.67. The van der Waals surface area contributed by atoms with E-state index in [4.69, 9.17) is 5.73 Å². The number of nitrogen functional groups attached to an aromatic ring is 1. The van der Waals surface area contributed by atoms with Crippen molar-refractivity contribution in [3.63, 3.8) is 0 Å². The van der Waals surface area contributed by atoms with E-state index >= 15 is 0 Å². The van der Waals surface area contributed by atoms with Crippen LogP contribution in [-0.2, 0) is 10.0 Å². The number of rotatable bonds is 3. The molecule has 5 nitrogen and oxygen atoms in total. The fourth-order valence-corrected chi connectivity index (χ4v) is 3.21. The van der Waals surface area contributed by atoms with Crippen molar-refractivity contribution in [2.75, 3.05) is 10.5 Å². The zero-order chi connectivity index (χ0) is 13.3. The van der Waals surface area contributed by atoms with Crippen LogP contribution < -0.4 is 10.5 Å². The smallest absolute Gasteiger partial charge is 0.263 e. The van der Waals surface area contributed by atoms with Crippen LogP contribution in [0, 0.1) is 12.7 Å². The Kier molecular flexibility index (Phi) is 3.22. The lowest BCUT2D eigenvalue weighted by Crippen LogP contribution is -2.13. The second-order valence-electron chi connectivity index (χ2n) is 3.56. The quantitative estimate of drug-likeness (QED) is 0.845. The van der Waals surface area contributed by atoms with Crippen molar-refractivity contribution in [2.45, 2.75) is 11.8 Å². The summed E-state index contributed by atoms with van der Waals surface area (Å²) in [6.07, 6.45) is 1.56. The van der Waals surface area contributed by atoms with Crippen molar-refractivity contribution in [2.24, 2.45) is 0 Å². The van der Waals surface area contributed by atoms with Crippen molar-refractivity contribution >= 4 is 32.2 Å². The van der Waals surface area contributed by atoms with Gasteiger partial charge in [-0.05, 0) is 25.1 Å². The number of hydrogen-bond acceptors (Lipinski definition) is 5. The number of anilines is 2. The van der Waals surface area contributed by atoms with Crippen molar-refractivity contribution in [1.29, 1.82) is 0 Å². The van der Waals surface area contributed by atoms with Crippen LogP contribution in [0.3, 0.4) is 0 Å². The first-order chi connectivity index (χ1) is 8.38. The third-order valence-corrected chi connectivity index (χ3v) is 4.41. The Morgan fingerprint density at radius 1 is 1.44 bits per heavy atom. The van der Waals surface area contributed by atoms with Gasteiger partial charge in [-0.1, -0.05) is 0 Å². The minimum Gasteiger partial charge on any atom is -0.396 e. The highest BCUT2D eigenvalue weighted by Gasteiger charge is 2.17. The van der Waals surface area contributed by atoms with Crippen molar-refractivity contribution in [3.8, 4) is 0 Å². The predicted octanol–water partition coefficient (Wildman–Crippen LogP) is 1.97. The van der Waals surface area contributed by atoms with E-state index in [0.29, 0.717) is 0 Å². The SMILES string of the molecule is Cc1cnc(NS(=O)(=O)c2ccc(F)c(N)c2)s1. The molecule has 96 valence electrons. The summed E-state index contributed by atoms with van der Waals surface area (Å²) in [5.74, 6) is -0.654. The van der Waals surface area contributed by atoms with Gasteiger partial charge in [0, 0.05) is 11.1 Å². The number of thiazole rings is 1. The number of aryl methyl sites for hydroxylation is 1. The minimum absolute atomic E-state index is 0.103. The van der Waals surface area contributed by atoms with Crippen molar-refractivity contribution < 1.29 is 12.8 Å². The third kappa shape index (κ3) is 2.59. The number of hydrogen-bond donors (Lipinski definition) is 2. The van der Waals surface area contributed by atoms with Gasteiger partial charge in [0.15, 0.2) is 5.13 Å². The molecule has 0 atom stereocenters. The molecule has 0 unspecified atom stereocenters. The van der Waals surface area contributed by atoms with Crippen LogP contribution in [0.2, 0.25) is 0 Å². The van der Waals surface area contributed by atoms with Gasteiger partial charge in [-0.3, -0.25) is 4.72 Å². The summed E-state index contributed by atoms with van der Waals surface area (Å²) >= 11 is 1.21. The predicted molar refractivity (Wildman–Crippen MR) is 68.5 cm³/mol. The number of halogens is 1. The van der Waals surface area contributed by atoms with Crippen LogP contribution in [0.5, 0.6) is 0 Å². The summed E-state index contributed by atoms with van der Waals surface area (Å²) in [5, 5.41) is 0.260. The Labute approximate surface area is 108 Å². The number of nitrogens with two attached hydrogens (primary N) is 1. The summed E-state index contributed by atoms with van der Waals surface area (Å²) in [4.78, 5) is 4.67. The number of benzene rings is 1. The number of sulfonamides is 1. The molecule has 0 aliphatic rings. The standard InChI is InChI=1S/C10H10FN3O2S2/c1-6-5-13-10(17-6)14-18(15,16)7-2-3-8(11)9(12)4-7/h2-5H,12H2,1H3,(H,13,14). The topological polar surface area (TPSA) is 85.1 Å². The Morgan fingerprint density at radius 3 is 2.72 bits per heavy atom. The molecule has 3 N–H and O–H groups in total. The maximum Gasteiger partial charge on any atom is 0.263 e. The molecule has 2 rings (SSSR count). The van der Waals surface area contributed by atoms with Crippen molar-refractivity contribution in [1.82, 2.24) is 4.98 Å². The molecule has 0 bridgehead atoms. The van der Waals surface area contributed by atoms with Gasteiger partial charge < -0.3 is 5.73 Å². The van der Waals surface area contributed by atoms with E-state index in [1.54, 1.807) is 6.20 Å². The highest BCUT2D eigenvalue weighted by Crippen LogP contribution is 2.22. The second-order valence-corrected chi connectivity index (χ2v) is 6.48. The molecule has 0 aliphatic heterocycles. The molecule has 0 spiro atoms. The zero-order valence-corrected chi connectivity index (χ0v) is 11.0. The second kappa shape index (κ2) is 4.54. The molecule has 0 saturated carbocycles. The van der Waals surface area contributed by atoms with E-state index in [-0.39, 0.29) is 15.7 Å². The number of nitrogens with zero attached hydrogens (tertiary/aromatic N) is 1. The molecule has 0 radical (unpaired) electrons. The summed E-state index contributed by atoms with van der Waals surface area (Å²) in [5.41, 5.74) is 5.12. The van der Waals surface area contributed by atoms with Crippen LogP contribution in [-0.4, -0.2) is 13.4 Å². The Morgan fingerprint density at radius 2 is 2.17 bits per heavy atom. The Balaban J connectivity index is 2.33. The highest BCUT2D eigenvalue weighted by atomic mass is 32.2. The lowest BCUT2D eigenvalue weighted by atomic mass is 10.3. The first-order valence-corrected chi connectivity index (χ1v) is 7.19. The van der Waals surface area contributed by atoms with Crippen LogP contribution >= 0.6 is 11.3 Å². The van der Waals surface area contributed by atoms with E-state index in [1.165, 1.54) is 11.3 Å². The van der Waals surface area contributed by atoms with Crippen LogP contribution in [0.15, 0.2) is 29.3 Å². The molecule has 1 aromatic heterocycles. The molecule has 0 saturated heterocycles. The minimum atomic E-state index is -3.79. The molecule has 0 aliphatic carbocycles. The average molecular weight is 287 g/mol. The Bertz CT molecular complexity index is 682. The highest BCUT2D eigenvalue weighted by molar-refractivity contribution is 7.93.